The molecular weight excluding hydrogens is 360 g/mol. The lowest BCUT2D eigenvalue weighted by molar-refractivity contribution is -0.122. The van der Waals surface area contributed by atoms with Crippen LogP contribution in [0.5, 0.6) is 0 Å². The Morgan fingerprint density at radius 2 is 1.89 bits per heavy atom. The summed E-state index contributed by atoms with van der Waals surface area (Å²) >= 11 is 6.13. The molecule has 0 unspecified atom stereocenters. The minimum atomic E-state index is -0.392. The van der Waals surface area contributed by atoms with Gasteiger partial charge in [0.2, 0.25) is 11.8 Å². The van der Waals surface area contributed by atoms with Crippen molar-refractivity contribution in [3.05, 3.63) is 71.2 Å². The third-order valence-corrected chi connectivity index (χ3v) is 5.40. The molecule has 2 amide bonds. The van der Waals surface area contributed by atoms with Crippen LogP contribution < -0.4 is 10.2 Å². The molecule has 0 spiro atoms. The normalized spacial score (nSPS) is 16.7. The summed E-state index contributed by atoms with van der Waals surface area (Å²) in [5.41, 5.74) is 2.45. The number of amides is 2. The highest BCUT2D eigenvalue weighted by atomic mass is 35.5. The first-order valence-corrected chi connectivity index (χ1v) is 9.26. The number of hydrogen-bond acceptors (Lipinski definition) is 2. The van der Waals surface area contributed by atoms with Crippen molar-refractivity contribution >= 4 is 45.6 Å². The maximum absolute atomic E-state index is 12.7. The predicted octanol–water partition coefficient (Wildman–Crippen LogP) is 4.79. The first-order valence-electron chi connectivity index (χ1n) is 8.88. The van der Waals surface area contributed by atoms with Gasteiger partial charge in [0.25, 0.3) is 0 Å². The predicted molar refractivity (Wildman–Crippen MR) is 109 cm³/mol. The van der Waals surface area contributed by atoms with Crippen LogP contribution in [0.3, 0.4) is 0 Å². The zero-order valence-electron chi connectivity index (χ0n) is 14.9. The van der Waals surface area contributed by atoms with Crippen LogP contribution in [0.1, 0.15) is 12.0 Å². The molecule has 0 radical (unpaired) electrons. The Morgan fingerprint density at radius 3 is 2.70 bits per heavy atom. The minimum absolute atomic E-state index is 0.0339. The van der Waals surface area contributed by atoms with E-state index in [2.05, 4.69) is 5.32 Å². The van der Waals surface area contributed by atoms with Crippen LogP contribution in [0.4, 0.5) is 11.4 Å². The molecule has 3 aromatic rings. The van der Waals surface area contributed by atoms with Gasteiger partial charge in [0.1, 0.15) is 0 Å². The molecule has 1 N–H and O–H groups in total. The van der Waals surface area contributed by atoms with E-state index >= 15 is 0 Å². The fourth-order valence-electron chi connectivity index (χ4n) is 3.47. The van der Waals surface area contributed by atoms with Gasteiger partial charge in [0.15, 0.2) is 0 Å². The second kappa shape index (κ2) is 7.05. The molecule has 0 bridgehead atoms. The van der Waals surface area contributed by atoms with Crippen LogP contribution in [0, 0.1) is 12.8 Å². The fourth-order valence-corrected chi connectivity index (χ4v) is 3.66. The fraction of sp³-hybridized carbons (Fsp3) is 0.182. The van der Waals surface area contributed by atoms with Gasteiger partial charge < -0.3 is 10.2 Å². The average molecular weight is 379 g/mol. The molecule has 1 heterocycles. The van der Waals surface area contributed by atoms with Crippen LogP contribution in [-0.4, -0.2) is 18.4 Å². The van der Waals surface area contributed by atoms with Crippen molar-refractivity contribution < 1.29 is 9.59 Å². The quantitative estimate of drug-likeness (QED) is 0.712. The van der Waals surface area contributed by atoms with Gasteiger partial charge in [-0.2, -0.15) is 0 Å². The number of anilines is 2. The second-order valence-electron chi connectivity index (χ2n) is 6.86. The molecule has 1 atom stereocenters. The number of benzene rings is 3. The molecule has 0 aliphatic carbocycles. The average Bonchev–Trinajstić information content (AvgIpc) is 3.06. The number of carbonyl (C=O) groups excluding carboxylic acids is 2. The molecule has 4 nitrogen and oxygen atoms in total. The molecular formula is C22H19ClN2O2. The summed E-state index contributed by atoms with van der Waals surface area (Å²) in [6.45, 7) is 2.28. The monoisotopic (exact) mass is 378 g/mol. The SMILES string of the molecule is Cc1ccc(NC(=O)[C@H]2CC(=O)N(c3cccc4ccccc34)C2)cc1Cl. The zero-order chi connectivity index (χ0) is 19.0. The number of rotatable bonds is 3. The highest BCUT2D eigenvalue weighted by molar-refractivity contribution is 6.31. The standard InChI is InChI=1S/C22H19ClN2O2/c1-14-9-10-17(12-19(14)23)24-22(27)16-11-21(26)25(13-16)20-8-4-6-15-5-2-3-7-18(15)20/h2-10,12,16H,11,13H2,1H3,(H,24,27)/t16-/m0/s1. The van der Waals surface area contributed by atoms with E-state index in [4.69, 9.17) is 11.6 Å². The van der Waals surface area contributed by atoms with Gasteiger partial charge in [0.05, 0.1) is 11.6 Å². The Labute approximate surface area is 162 Å². The summed E-state index contributed by atoms with van der Waals surface area (Å²) in [5, 5.41) is 5.57. The maximum Gasteiger partial charge on any atom is 0.229 e. The van der Waals surface area contributed by atoms with Gasteiger partial charge in [-0.25, -0.2) is 0 Å². The molecule has 1 fully saturated rings. The van der Waals surface area contributed by atoms with Crippen molar-refractivity contribution in [3.8, 4) is 0 Å². The van der Waals surface area contributed by atoms with Crippen LogP contribution >= 0.6 is 11.6 Å². The highest BCUT2D eigenvalue weighted by Gasteiger charge is 2.35. The number of halogens is 1. The Kier molecular flexibility index (Phi) is 4.58. The molecule has 0 aromatic heterocycles. The van der Waals surface area contributed by atoms with Gasteiger partial charge in [-0.1, -0.05) is 54.1 Å². The summed E-state index contributed by atoms with van der Waals surface area (Å²) in [4.78, 5) is 27.0. The number of aryl methyl sites for hydroxylation is 1. The summed E-state index contributed by atoms with van der Waals surface area (Å²) in [5.74, 6) is -0.587. The van der Waals surface area contributed by atoms with E-state index in [0.29, 0.717) is 17.3 Å². The third-order valence-electron chi connectivity index (χ3n) is 4.99. The van der Waals surface area contributed by atoms with E-state index in [1.807, 2.05) is 61.5 Å². The van der Waals surface area contributed by atoms with Crippen molar-refractivity contribution in [1.82, 2.24) is 0 Å². The topological polar surface area (TPSA) is 49.4 Å². The maximum atomic E-state index is 12.7. The Hall–Kier alpha value is -2.85. The molecule has 0 saturated carbocycles. The first-order chi connectivity index (χ1) is 13.0. The molecule has 3 aromatic carbocycles. The number of nitrogens with one attached hydrogen (secondary N) is 1. The van der Waals surface area contributed by atoms with Gasteiger partial charge in [0, 0.05) is 29.1 Å². The Balaban J connectivity index is 1.55. The van der Waals surface area contributed by atoms with Crippen LogP contribution in [0.2, 0.25) is 5.02 Å². The molecule has 27 heavy (non-hydrogen) atoms. The molecule has 1 aliphatic heterocycles. The van der Waals surface area contributed by atoms with Crippen LogP contribution in [0.25, 0.3) is 10.8 Å². The third kappa shape index (κ3) is 3.40. The summed E-state index contributed by atoms with van der Waals surface area (Å²) in [6.07, 6.45) is 0.203. The molecule has 1 aliphatic rings. The van der Waals surface area contributed by atoms with E-state index in [9.17, 15) is 9.59 Å². The number of hydrogen-bond donors (Lipinski definition) is 1. The highest BCUT2D eigenvalue weighted by Crippen LogP contribution is 2.32. The summed E-state index contributed by atoms with van der Waals surface area (Å²) in [7, 11) is 0. The van der Waals surface area contributed by atoms with E-state index < -0.39 is 5.92 Å². The largest absolute Gasteiger partial charge is 0.326 e. The van der Waals surface area contributed by atoms with Gasteiger partial charge in [-0.05, 0) is 36.1 Å². The van der Waals surface area contributed by atoms with Gasteiger partial charge >= 0.3 is 0 Å². The molecule has 4 rings (SSSR count). The second-order valence-corrected chi connectivity index (χ2v) is 7.26. The van der Waals surface area contributed by atoms with Crippen LogP contribution in [0.15, 0.2) is 60.7 Å². The van der Waals surface area contributed by atoms with E-state index in [0.717, 1.165) is 22.0 Å². The number of fused-ring (bicyclic) bond motifs is 1. The molecule has 1 saturated heterocycles. The van der Waals surface area contributed by atoms with Gasteiger partial charge in [-0.3, -0.25) is 9.59 Å². The molecule has 136 valence electrons. The lowest BCUT2D eigenvalue weighted by Crippen LogP contribution is -2.28. The van der Waals surface area contributed by atoms with Crippen molar-refractivity contribution in [2.45, 2.75) is 13.3 Å². The smallest absolute Gasteiger partial charge is 0.229 e. The van der Waals surface area contributed by atoms with Crippen LogP contribution in [-0.2, 0) is 9.59 Å². The molecule has 5 heteroatoms. The number of nitrogens with zero attached hydrogens (tertiary/aromatic N) is 1. The van der Waals surface area contributed by atoms with E-state index in [1.54, 1.807) is 11.0 Å². The number of carbonyl (C=O) groups is 2. The Morgan fingerprint density at radius 1 is 1.11 bits per heavy atom. The summed E-state index contributed by atoms with van der Waals surface area (Å²) < 4.78 is 0. The van der Waals surface area contributed by atoms with E-state index in [-0.39, 0.29) is 18.2 Å². The zero-order valence-corrected chi connectivity index (χ0v) is 15.7. The van der Waals surface area contributed by atoms with E-state index in [1.165, 1.54) is 0 Å². The first kappa shape index (κ1) is 17.6. The lowest BCUT2D eigenvalue weighted by atomic mass is 10.1. The van der Waals surface area contributed by atoms with Crippen molar-refractivity contribution in [2.24, 2.45) is 5.92 Å². The summed E-state index contributed by atoms with van der Waals surface area (Å²) in [6, 6.07) is 19.2. The lowest BCUT2D eigenvalue weighted by Gasteiger charge is -2.19. The minimum Gasteiger partial charge on any atom is -0.326 e. The van der Waals surface area contributed by atoms with Gasteiger partial charge in [-0.15, -0.1) is 0 Å². The van der Waals surface area contributed by atoms with Crippen molar-refractivity contribution in [1.29, 1.82) is 0 Å². The van der Waals surface area contributed by atoms with Crippen molar-refractivity contribution in [3.63, 3.8) is 0 Å². The van der Waals surface area contributed by atoms with Crippen molar-refractivity contribution in [2.75, 3.05) is 16.8 Å². The Bertz CT molecular complexity index is 1040.